The summed E-state index contributed by atoms with van der Waals surface area (Å²) >= 11 is 14.2. The van der Waals surface area contributed by atoms with E-state index >= 15 is 0 Å². The van der Waals surface area contributed by atoms with Gasteiger partial charge in [-0.2, -0.15) is 10.1 Å². The van der Waals surface area contributed by atoms with Crippen molar-refractivity contribution in [1.82, 2.24) is 20.2 Å². The number of nitrogens with one attached hydrogen (secondary N) is 1. The summed E-state index contributed by atoms with van der Waals surface area (Å²) in [6.45, 7) is 0. The molecule has 0 aliphatic carbocycles. The van der Waals surface area contributed by atoms with E-state index in [1.807, 2.05) is 54.0 Å². The molecule has 0 radical (unpaired) electrons. The van der Waals surface area contributed by atoms with Crippen LogP contribution < -0.4 is 5.43 Å². The largest absolute Gasteiger partial charge is 0.285 e. The van der Waals surface area contributed by atoms with Crippen molar-refractivity contribution in [3.05, 3.63) is 99.4 Å². The van der Waals surface area contributed by atoms with E-state index in [-0.39, 0.29) is 14.9 Å². The number of para-hydroxylation sites is 1. The fourth-order valence-electron chi connectivity index (χ4n) is 3.32. The lowest BCUT2D eigenvalue weighted by Gasteiger charge is -2.16. The number of carbonyl (C=O) groups excluding carboxylic acids is 2. The Labute approximate surface area is 213 Å². The van der Waals surface area contributed by atoms with Gasteiger partial charge in [-0.3, -0.25) is 15.0 Å². The minimum atomic E-state index is -0.515. The highest BCUT2D eigenvalue weighted by molar-refractivity contribution is 8.26. The lowest BCUT2D eigenvalue weighted by Crippen LogP contribution is -2.44. The second-order valence-corrected chi connectivity index (χ2v) is 10.2. The summed E-state index contributed by atoms with van der Waals surface area (Å²) in [5.41, 5.74) is 5.24. The number of hydrogen-bond donors (Lipinski definition) is 1. The summed E-state index contributed by atoms with van der Waals surface area (Å²) in [6.07, 6.45) is 3.63. The summed E-state index contributed by atoms with van der Waals surface area (Å²) in [6, 6.07) is 20.3. The maximum atomic E-state index is 13.1. The first-order valence-corrected chi connectivity index (χ1v) is 12.5. The summed E-state index contributed by atoms with van der Waals surface area (Å²) in [5, 5.41) is 8.09. The molecule has 3 heterocycles. The van der Waals surface area contributed by atoms with Crippen LogP contribution in [0.4, 0.5) is 0 Å². The van der Waals surface area contributed by atoms with Gasteiger partial charge in [0.05, 0.1) is 26.1 Å². The van der Waals surface area contributed by atoms with Crippen molar-refractivity contribution in [1.29, 1.82) is 0 Å². The van der Waals surface area contributed by atoms with Crippen molar-refractivity contribution in [2.24, 2.45) is 0 Å². The summed E-state index contributed by atoms with van der Waals surface area (Å²) in [7, 11) is 0. The number of thiophene rings is 1. The average Bonchev–Trinajstić information content (AvgIpc) is 3.57. The van der Waals surface area contributed by atoms with Gasteiger partial charge in [-0.25, -0.2) is 4.68 Å². The van der Waals surface area contributed by atoms with Crippen LogP contribution in [0.5, 0.6) is 0 Å². The summed E-state index contributed by atoms with van der Waals surface area (Å²) in [5.74, 6) is -0.931. The molecular formula is C24H15ClN4O2S3. The number of rotatable bonds is 5. The standard InChI is InChI=1S/C24H15ClN4O2S3/c25-18-10-5-4-9-17(18)22(30)27-29-23(31)20(34-24(29)32)13-15-14-28(16-7-2-1-3-8-16)26-21(15)19-11-6-12-33-19/h1-14H,(H,27,30). The number of benzene rings is 2. The van der Waals surface area contributed by atoms with Crippen LogP contribution in [0.25, 0.3) is 22.3 Å². The number of thiocarbonyl (C=S) groups is 1. The molecule has 2 aromatic heterocycles. The van der Waals surface area contributed by atoms with Gasteiger partial charge in [0, 0.05) is 11.8 Å². The molecule has 1 aliphatic rings. The predicted molar refractivity (Wildman–Crippen MR) is 141 cm³/mol. The molecule has 0 unspecified atom stereocenters. The fourth-order valence-corrected chi connectivity index (χ4v) is 5.45. The van der Waals surface area contributed by atoms with Crippen LogP contribution in [-0.4, -0.2) is 30.9 Å². The van der Waals surface area contributed by atoms with Crippen molar-refractivity contribution < 1.29 is 9.59 Å². The zero-order chi connectivity index (χ0) is 23.7. The molecule has 4 aromatic rings. The first-order chi connectivity index (χ1) is 16.5. The highest BCUT2D eigenvalue weighted by atomic mass is 35.5. The van der Waals surface area contributed by atoms with E-state index in [1.165, 1.54) is 0 Å². The number of hydrazine groups is 1. The van der Waals surface area contributed by atoms with Crippen LogP contribution in [0.1, 0.15) is 15.9 Å². The lowest BCUT2D eigenvalue weighted by atomic mass is 10.2. The number of nitrogens with zero attached hydrogens (tertiary/aromatic N) is 3. The van der Waals surface area contributed by atoms with Crippen LogP contribution in [0, 0.1) is 0 Å². The Morgan fingerprint density at radius 1 is 1.06 bits per heavy atom. The van der Waals surface area contributed by atoms with Gasteiger partial charge < -0.3 is 0 Å². The van der Waals surface area contributed by atoms with Gasteiger partial charge in [0.1, 0.15) is 5.69 Å². The Bertz CT molecular complexity index is 1430. The predicted octanol–water partition coefficient (Wildman–Crippen LogP) is 5.80. The van der Waals surface area contributed by atoms with Gasteiger partial charge in [0.25, 0.3) is 11.8 Å². The number of hydrogen-bond acceptors (Lipinski definition) is 6. The maximum Gasteiger partial charge on any atom is 0.285 e. The number of amides is 2. The molecule has 0 bridgehead atoms. The molecule has 168 valence electrons. The number of halogens is 1. The first kappa shape index (κ1) is 22.5. The molecule has 0 spiro atoms. The van der Waals surface area contributed by atoms with Crippen molar-refractivity contribution >= 4 is 69.1 Å². The molecule has 2 aromatic carbocycles. The molecule has 6 nitrogen and oxygen atoms in total. The second-order valence-electron chi connectivity index (χ2n) is 7.13. The van der Waals surface area contributed by atoms with E-state index in [9.17, 15) is 9.59 Å². The molecule has 10 heteroatoms. The van der Waals surface area contributed by atoms with E-state index in [1.54, 1.807) is 46.4 Å². The average molecular weight is 523 g/mol. The Balaban J connectivity index is 1.46. The van der Waals surface area contributed by atoms with Crippen molar-refractivity contribution in [3.63, 3.8) is 0 Å². The third-order valence-electron chi connectivity index (χ3n) is 4.93. The summed E-state index contributed by atoms with van der Waals surface area (Å²) < 4.78 is 2.01. The molecule has 1 N–H and O–H groups in total. The minimum absolute atomic E-state index is 0.227. The Morgan fingerprint density at radius 2 is 1.82 bits per heavy atom. The van der Waals surface area contributed by atoms with Crippen molar-refractivity contribution in [2.75, 3.05) is 0 Å². The van der Waals surface area contributed by atoms with Crippen LogP contribution in [0.15, 0.2) is 83.2 Å². The van der Waals surface area contributed by atoms with Crippen LogP contribution in [0.3, 0.4) is 0 Å². The molecule has 2 amide bonds. The normalized spacial score (nSPS) is 14.7. The molecule has 0 atom stereocenters. The molecule has 34 heavy (non-hydrogen) atoms. The van der Waals surface area contributed by atoms with Crippen molar-refractivity contribution in [2.45, 2.75) is 0 Å². The molecule has 0 saturated carbocycles. The molecule has 5 rings (SSSR count). The number of thioether (sulfide) groups is 1. The van der Waals surface area contributed by atoms with Gasteiger partial charge in [0.2, 0.25) is 0 Å². The smallest absolute Gasteiger partial charge is 0.267 e. The molecular weight excluding hydrogens is 508 g/mol. The van der Waals surface area contributed by atoms with Crippen LogP contribution >= 0.6 is 46.9 Å². The topological polar surface area (TPSA) is 67.2 Å². The number of carbonyl (C=O) groups is 2. The van der Waals surface area contributed by atoms with Crippen molar-refractivity contribution in [3.8, 4) is 16.3 Å². The third kappa shape index (κ3) is 4.43. The Kier molecular flexibility index (Phi) is 6.34. The zero-order valence-electron chi connectivity index (χ0n) is 17.3. The fraction of sp³-hybridized carbons (Fsp3) is 0. The van der Waals surface area contributed by atoms with Gasteiger partial charge in [-0.15, -0.1) is 11.3 Å². The second kappa shape index (κ2) is 9.55. The Hall–Kier alpha value is -3.24. The third-order valence-corrected chi connectivity index (χ3v) is 7.44. The van der Waals surface area contributed by atoms with Gasteiger partial charge >= 0.3 is 0 Å². The first-order valence-electron chi connectivity index (χ1n) is 10.0. The SMILES string of the molecule is O=C(NN1C(=O)C(=Cc2cn(-c3ccccc3)nc2-c2cccs2)SC1=S)c1ccccc1Cl. The van der Waals surface area contributed by atoms with E-state index in [0.717, 1.165) is 38.6 Å². The molecule has 1 saturated heterocycles. The van der Waals surface area contributed by atoms with E-state index in [4.69, 9.17) is 28.9 Å². The van der Waals surface area contributed by atoms with Crippen LogP contribution in [-0.2, 0) is 4.79 Å². The zero-order valence-corrected chi connectivity index (χ0v) is 20.5. The van der Waals surface area contributed by atoms with E-state index in [2.05, 4.69) is 5.43 Å². The van der Waals surface area contributed by atoms with Crippen LogP contribution in [0.2, 0.25) is 5.02 Å². The van der Waals surface area contributed by atoms with Gasteiger partial charge in [-0.05, 0) is 54.0 Å². The monoisotopic (exact) mass is 522 g/mol. The highest BCUT2D eigenvalue weighted by Crippen LogP contribution is 2.35. The highest BCUT2D eigenvalue weighted by Gasteiger charge is 2.34. The Morgan fingerprint density at radius 3 is 2.56 bits per heavy atom. The van der Waals surface area contributed by atoms with E-state index in [0.29, 0.717) is 4.91 Å². The number of aromatic nitrogens is 2. The van der Waals surface area contributed by atoms with E-state index < -0.39 is 11.8 Å². The quantitative estimate of drug-likeness (QED) is 0.265. The van der Waals surface area contributed by atoms with Gasteiger partial charge in [0.15, 0.2) is 4.32 Å². The minimum Gasteiger partial charge on any atom is -0.267 e. The summed E-state index contributed by atoms with van der Waals surface area (Å²) in [4.78, 5) is 27.1. The molecule has 1 aliphatic heterocycles. The van der Waals surface area contributed by atoms with Gasteiger partial charge in [-0.1, -0.05) is 59.8 Å². The lowest BCUT2D eigenvalue weighted by molar-refractivity contribution is -0.123. The maximum absolute atomic E-state index is 13.1. The molecule has 1 fully saturated rings.